The van der Waals surface area contributed by atoms with Crippen LogP contribution in [0.25, 0.3) is 0 Å². The normalized spacial score (nSPS) is 21.2. The number of benzene rings is 1. The van der Waals surface area contributed by atoms with E-state index in [-0.39, 0.29) is 12.0 Å². The Hall–Kier alpha value is -2.22. The molecule has 29 heavy (non-hydrogen) atoms. The van der Waals surface area contributed by atoms with Crippen LogP contribution in [0, 0.1) is 0 Å². The predicted octanol–water partition coefficient (Wildman–Crippen LogP) is 1.69. The minimum atomic E-state index is -0.136. The highest BCUT2D eigenvalue weighted by molar-refractivity contribution is 5.92. The molecule has 1 aromatic carbocycles. The van der Waals surface area contributed by atoms with E-state index in [1.807, 2.05) is 10.9 Å². The summed E-state index contributed by atoms with van der Waals surface area (Å²) in [6.45, 7) is 5.27. The van der Waals surface area contributed by atoms with Crippen LogP contribution >= 0.6 is 0 Å². The summed E-state index contributed by atoms with van der Waals surface area (Å²) in [6.07, 6.45) is 5.72. The number of hydrogen-bond acceptors (Lipinski definition) is 5. The van der Waals surface area contributed by atoms with E-state index < -0.39 is 0 Å². The van der Waals surface area contributed by atoms with Crippen molar-refractivity contribution in [3.05, 3.63) is 53.3 Å². The molecule has 1 aromatic heterocycles. The van der Waals surface area contributed by atoms with Crippen molar-refractivity contribution in [1.82, 2.24) is 25.3 Å². The zero-order valence-corrected chi connectivity index (χ0v) is 16.9. The van der Waals surface area contributed by atoms with Crippen molar-refractivity contribution < 1.29 is 9.90 Å². The van der Waals surface area contributed by atoms with Crippen molar-refractivity contribution in [1.29, 1.82) is 0 Å². The number of carbonyl (C=O) groups is 1. The van der Waals surface area contributed by atoms with Gasteiger partial charge in [-0.2, -0.15) is 5.10 Å². The Morgan fingerprint density at radius 2 is 1.90 bits per heavy atom. The molecule has 0 spiro atoms. The first-order chi connectivity index (χ1) is 14.2. The van der Waals surface area contributed by atoms with E-state index in [0.717, 1.165) is 64.0 Å². The van der Waals surface area contributed by atoms with Crippen LogP contribution in [-0.4, -0.2) is 58.0 Å². The van der Waals surface area contributed by atoms with Crippen LogP contribution in [0.15, 0.2) is 36.5 Å². The van der Waals surface area contributed by atoms with E-state index in [1.165, 1.54) is 5.56 Å². The van der Waals surface area contributed by atoms with E-state index in [4.69, 9.17) is 0 Å². The molecule has 2 aromatic rings. The van der Waals surface area contributed by atoms with Crippen LogP contribution in [0.3, 0.4) is 0 Å². The first-order valence-electron chi connectivity index (χ1n) is 10.7. The van der Waals surface area contributed by atoms with Crippen LogP contribution < -0.4 is 10.6 Å². The third-order valence-corrected chi connectivity index (χ3v) is 5.93. The van der Waals surface area contributed by atoms with Crippen LogP contribution in [0.1, 0.15) is 53.3 Å². The lowest BCUT2D eigenvalue weighted by molar-refractivity contribution is 0.0792. The van der Waals surface area contributed by atoms with Crippen LogP contribution in [-0.2, 0) is 13.1 Å². The quantitative estimate of drug-likeness (QED) is 0.691. The molecule has 1 unspecified atom stereocenters. The second-order valence-electron chi connectivity index (χ2n) is 8.19. The predicted molar refractivity (Wildman–Crippen MR) is 111 cm³/mol. The summed E-state index contributed by atoms with van der Waals surface area (Å²) in [7, 11) is 0. The molecule has 3 heterocycles. The Labute approximate surface area is 172 Å². The molecule has 7 nitrogen and oxygen atoms in total. The summed E-state index contributed by atoms with van der Waals surface area (Å²) in [4.78, 5) is 14.8. The van der Waals surface area contributed by atoms with Gasteiger partial charge in [0.1, 0.15) is 5.69 Å². The molecular formula is C22H31N5O2. The van der Waals surface area contributed by atoms with Gasteiger partial charge in [-0.25, -0.2) is 0 Å². The van der Waals surface area contributed by atoms with Gasteiger partial charge >= 0.3 is 0 Å². The second kappa shape index (κ2) is 9.52. The monoisotopic (exact) mass is 397 g/mol. The largest absolute Gasteiger partial charge is 0.393 e. The summed E-state index contributed by atoms with van der Waals surface area (Å²) < 4.78 is 1.91. The zero-order chi connectivity index (χ0) is 20.1. The third-order valence-electron chi connectivity index (χ3n) is 5.93. The van der Waals surface area contributed by atoms with Gasteiger partial charge in [-0.05, 0) is 49.4 Å². The molecule has 1 amide bonds. The fourth-order valence-corrected chi connectivity index (χ4v) is 4.09. The van der Waals surface area contributed by atoms with Crippen molar-refractivity contribution >= 4 is 5.91 Å². The summed E-state index contributed by atoms with van der Waals surface area (Å²) in [6, 6.07) is 10.5. The smallest absolute Gasteiger partial charge is 0.272 e. The van der Waals surface area contributed by atoms with Gasteiger partial charge < -0.3 is 15.7 Å². The molecular weight excluding hydrogens is 366 g/mol. The summed E-state index contributed by atoms with van der Waals surface area (Å²) in [5, 5.41) is 20.4. The summed E-state index contributed by atoms with van der Waals surface area (Å²) >= 11 is 0. The van der Waals surface area contributed by atoms with E-state index in [9.17, 15) is 9.90 Å². The Morgan fingerprint density at radius 1 is 1.14 bits per heavy atom. The number of amides is 1. The molecule has 7 heteroatoms. The number of carbonyl (C=O) groups excluding carboxylic acids is 1. The fourth-order valence-electron chi connectivity index (χ4n) is 4.09. The number of aromatic nitrogens is 2. The first kappa shape index (κ1) is 20.1. The molecule has 1 atom stereocenters. The average Bonchev–Trinajstić information content (AvgIpc) is 3.26. The van der Waals surface area contributed by atoms with Gasteiger partial charge in [0, 0.05) is 38.9 Å². The van der Waals surface area contributed by atoms with Gasteiger partial charge in [-0.3, -0.25) is 14.4 Å². The maximum Gasteiger partial charge on any atom is 0.272 e. The fraction of sp³-hybridized carbons (Fsp3) is 0.545. The Balaban J connectivity index is 1.25. The summed E-state index contributed by atoms with van der Waals surface area (Å²) in [5.41, 5.74) is 2.81. The average molecular weight is 398 g/mol. The number of likely N-dealkylation sites (tertiary alicyclic amines) is 1. The van der Waals surface area contributed by atoms with Crippen LogP contribution in [0.5, 0.6) is 0 Å². The van der Waals surface area contributed by atoms with Crippen molar-refractivity contribution in [3.63, 3.8) is 0 Å². The van der Waals surface area contributed by atoms with E-state index in [0.29, 0.717) is 18.3 Å². The molecule has 3 N–H and O–H groups in total. The van der Waals surface area contributed by atoms with Crippen molar-refractivity contribution in [3.8, 4) is 0 Å². The highest BCUT2D eigenvalue weighted by Gasteiger charge is 2.18. The van der Waals surface area contributed by atoms with Gasteiger partial charge in [0.2, 0.25) is 0 Å². The molecule has 4 rings (SSSR count). The molecule has 2 saturated heterocycles. The molecule has 2 fully saturated rings. The number of rotatable bonds is 6. The zero-order valence-electron chi connectivity index (χ0n) is 16.9. The van der Waals surface area contributed by atoms with Gasteiger partial charge in [-0.15, -0.1) is 0 Å². The molecule has 156 valence electrons. The highest BCUT2D eigenvalue weighted by Crippen LogP contribution is 2.16. The number of aliphatic hydroxyl groups excluding tert-OH is 1. The van der Waals surface area contributed by atoms with Gasteiger partial charge in [0.25, 0.3) is 5.91 Å². The Morgan fingerprint density at radius 3 is 2.62 bits per heavy atom. The van der Waals surface area contributed by atoms with Crippen molar-refractivity contribution in [2.24, 2.45) is 0 Å². The summed E-state index contributed by atoms with van der Waals surface area (Å²) in [5.74, 6) is -0.136. The van der Waals surface area contributed by atoms with Crippen LogP contribution in [0.2, 0.25) is 0 Å². The number of hydrogen-bond donors (Lipinski definition) is 3. The highest BCUT2D eigenvalue weighted by atomic mass is 16.3. The number of nitrogens with zero attached hydrogens (tertiary/aromatic N) is 3. The van der Waals surface area contributed by atoms with Gasteiger partial charge in [0.05, 0.1) is 12.1 Å². The lowest BCUT2D eigenvalue weighted by Crippen LogP contribution is -2.35. The molecule has 0 bridgehead atoms. The number of piperidine rings is 2. The standard InChI is InChI=1S/C22H31N5O2/c28-20-7-11-26(12-8-20)16-18-5-3-17(4-6-18)14-24-22(29)21-9-13-27(25-21)19-2-1-10-23-15-19/h3-6,9,13,19-20,23,28H,1-2,7-8,10-12,14-16H2,(H,24,29). The van der Waals surface area contributed by atoms with E-state index >= 15 is 0 Å². The lowest BCUT2D eigenvalue weighted by atomic mass is 10.1. The molecule has 2 aliphatic heterocycles. The number of nitrogens with one attached hydrogen (secondary N) is 2. The lowest BCUT2D eigenvalue weighted by Gasteiger charge is -2.29. The SMILES string of the molecule is O=C(NCc1ccc(CN2CCC(O)CC2)cc1)c1ccn(C2CCCNC2)n1. The van der Waals surface area contributed by atoms with E-state index in [1.54, 1.807) is 6.07 Å². The number of aliphatic hydroxyl groups is 1. The first-order valence-corrected chi connectivity index (χ1v) is 10.7. The van der Waals surface area contributed by atoms with E-state index in [2.05, 4.69) is 44.9 Å². The Kier molecular flexibility index (Phi) is 6.59. The van der Waals surface area contributed by atoms with Crippen LogP contribution in [0.4, 0.5) is 0 Å². The second-order valence-corrected chi connectivity index (χ2v) is 8.19. The minimum Gasteiger partial charge on any atom is -0.393 e. The maximum atomic E-state index is 12.4. The molecule has 0 saturated carbocycles. The minimum absolute atomic E-state index is 0.136. The molecule has 0 radical (unpaired) electrons. The topological polar surface area (TPSA) is 82.4 Å². The van der Waals surface area contributed by atoms with Gasteiger partial charge in [0.15, 0.2) is 0 Å². The van der Waals surface area contributed by atoms with Crippen molar-refractivity contribution in [2.75, 3.05) is 26.2 Å². The van der Waals surface area contributed by atoms with Crippen molar-refractivity contribution in [2.45, 2.75) is 50.9 Å². The molecule has 2 aliphatic rings. The van der Waals surface area contributed by atoms with Gasteiger partial charge in [-0.1, -0.05) is 24.3 Å². The maximum absolute atomic E-state index is 12.4. The third kappa shape index (κ3) is 5.44. The Bertz CT molecular complexity index is 790. The molecule has 0 aliphatic carbocycles.